The van der Waals surface area contributed by atoms with Crippen molar-refractivity contribution in [2.75, 3.05) is 13.2 Å². The van der Waals surface area contributed by atoms with Crippen molar-refractivity contribution in [3.8, 4) is 16.7 Å². The highest BCUT2D eigenvalue weighted by Crippen LogP contribution is 2.34. The van der Waals surface area contributed by atoms with E-state index in [9.17, 15) is 4.79 Å². The maximum absolute atomic E-state index is 10.9. The summed E-state index contributed by atoms with van der Waals surface area (Å²) in [5.41, 5.74) is 0. The third-order valence-electron chi connectivity index (χ3n) is 2.94. The molecule has 1 aromatic heterocycles. The van der Waals surface area contributed by atoms with Gasteiger partial charge in [0.25, 0.3) is 5.19 Å². The fourth-order valence-corrected chi connectivity index (χ4v) is 3.00. The van der Waals surface area contributed by atoms with E-state index in [0.717, 1.165) is 15.1 Å². The molecule has 140 valence electrons. The zero-order valence-corrected chi connectivity index (χ0v) is 17.1. The van der Waals surface area contributed by atoms with Crippen LogP contribution < -0.4 is 14.8 Å². The van der Waals surface area contributed by atoms with Gasteiger partial charge in [0.15, 0.2) is 0 Å². The average Bonchev–Trinajstić information content (AvgIpc) is 3.01. The lowest BCUT2D eigenvalue weighted by atomic mass is 10.3. The molecule has 0 bridgehead atoms. The number of carbonyl (C=O) groups excluding carboxylic acids is 1. The molecule has 26 heavy (non-hydrogen) atoms. The first-order valence-electron chi connectivity index (χ1n) is 7.96. The van der Waals surface area contributed by atoms with Crippen molar-refractivity contribution in [1.29, 1.82) is 0 Å². The molecule has 0 radical (unpaired) electrons. The minimum atomic E-state index is -0.109. The van der Waals surface area contributed by atoms with Gasteiger partial charge in [0.1, 0.15) is 18.1 Å². The van der Waals surface area contributed by atoms with Crippen LogP contribution in [0.25, 0.3) is 0 Å². The van der Waals surface area contributed by atoms with Gasteiger partial charge in [-0.3, -0.25) is 4.79 Å². The third-order valence-corrected chi connectivity index (χ3v) is 4.37. The van der Waals surface area contributed by atoms with E-state index in [1.54, 1.807) is 12.4 Å². The Morgan fingerprint density at radius 3 is 3.00 bits per heavy atom. The first-order chi connectivity index (χ1) is 12.5. The number of hydrogen-bond acceptors (Lipinski definition) is 7. The largest absolute Gasteiger partial charge is 0.494 e. The highest BCUT2D eigenvalue weighted by molar-refractivity contribution is 9.10. The first-order valence-corrected chi connectivity index (χ1v) is 9.57. The summed E-state index contributed by atoms with van der Waals surface area (Å²) in [7, 11) is 0. The average molecular weight is 442 g/mol. The predicted molar refractivity (Wildman–Crippen MR) is 104 cm³/mol. The molecular formula is C17H20BrN3O4S. The van der Waals surface area contributed by atoms with E-state index in [1.165, 1.54) is 18.3 Å². The van der Waals surface area contributed by atoms with Crippen LogP contribution in [0.15, 0.2) is 34.0 Å². The number of oxime groups is 1. The number of hydrogen-bond donors (Lipinski definition) is 1. The van der Waals surface area contributed by atoms with Gasteiger partial charge in [0, 0.05) is 6.92 Å². The van der Waals surface area contributed by atoms with Crippen LogP contribution in [0.2, 0.25) is 0 Å². The first kappa shape index (κ1) is 20.2. The quantitative estimate of drug-likeness (QED) is 0.470. The lowest BCUT2D eigenvalue weighted by Crippen LogP contribution is -2.33. The van der Waals surface area contributed by atoms with Crippen LogP contribution in [-0.4, -0.2) is 36.4 Å². The number of nitrogens with zero attached hydrogens (tertiary/aromatic N) is 2. The van der Waals surface area contributed by atoms with E-state index in [-0.39, 0.29) is 18.6 Å². The van der Waals surface area contributed by atoms with Crippen molar-refractivity contribution in [2.45, 2.75) is 26.8 Å². The Balaban J connectivity index is 1.87. The fourth-order valence-electron chi connectivity index (χ4n) is 1.92. The second kappa shape index (κ2) is 10.1. The number of aromatic nitrogens is 1. The van der Waals surface area contributed by atoms with Crippen LogP contribution in [-0.2, 0) is 9.63 Å². The van der Waals surface area contributed by atoms with Gasteiger partial charge in [0.05, 0.1) is 34.4 Å². The lowest BCUT2D eigenvalue weighted by Gasteiger charge is -2.09. The van der Waals surface area contributed by atoms with Crippen LogP contribution in [0.5, 0.6) is 16.7 Å². The van der Waals surface area contributed by atoms with Gasteiger partial charge in [-0.1, -0.05) is 16.5 Å². The second-order valence-electron chi connectivity index (χ2n) is 5.29. The van der Waals surface area contributed by atoms with Crippen molar-refractivity contribution in [1.82, 2.24) is 10.3 Å². The van der Waals surface area contributed by atoms with Crippen LogP contribution in [0.4, 0.5) is 0 Å². The molecular weight excluding hydrogens is 422 g/mol. The summed E-state index contributed by atoms with van der Waals surface area (Å²) < 4.78 is 12.0. The van der Waals surface area contributed by atoms with Gasteiger partial charge in [-0.15, -0.1) is 0 Å². The van der Waals surface area contributed by atoms with Crippen LogP contribution in [0, 0.1) is 0 Å². The maximum atomic E-state index is 10.9. The third kappa shape index (κ3) is 6.64. The zero-order valence-electron chi connectivity index (χ0n) is 14.7. The van der Waals surface area contributed by atoms with Crippen molar-refractivity contribution in [3.05, 3.63) is 33.7 Å². The molecule has 2 aromatic rings. The lowest BCUT2D eigenvalue weighted by molar-refractivity contribution is -0.119. The van der Waals surface area contributed by atoms with Gasteiger partial charge in [-0.05, 0) is 48.0 Å². The van der Waals surface area contributed by atoms with Crippen molar-refractivity contribution >= 4 is 39.4 Å². The Morgan fingerprint density at radius 2 is 2.31 bits per heavy atom. The zero-order chi connectivity index (χ0) is 18.9. The van der Waals surface area contributed by atoms with E-state index in [0.29, 0.717) is 17.6 Å². The molecule has 1 amide bonds. The molecule has 0 saturated carbocycles. The van der Waals surface area contributed by atoms with Crippen molar-refractivity contribution < 1.29 is 19.1 Å². The van der Waals surface area contributed by atoms with Crippen molar-refractivity contribution in [3.63, 3.8) is 0 Å². The molecule has 9 heteroatoms. The SMILES string of the molecule is CCOc1ccc(Oc2ncc(/C=N/OC[C@H](C)NC(C)=O)s2)c(Br)c1. The Hall–Kier alpha value is -2.13. The van der Waals surface area contributed by atoms with E-state index in [1.807, 2.05) is 32.0 Å². The Morgan fingerprint density at radius 1 is 1.50 bits per heavy atom. The summed E-state index contributed by atoms with van der Waals surface area (Å²) in [6.45, 7) is 6.12. The molecule has 1 N–H and O–H groups in total. The summed E-state index contributed by atoms with van der Waals surface area (Å²) in [6, 6.07) is 5.39. The molecule has 2 rings (SSSR count). The Bertz CT molecular complexity index is 766. The second-order valence-corrected chi connectivity index (χ2v) is 7.17. The highest BCUT2D eigenvalue weighted by atomic mass is 79.9. The topological polar surface area (TPSA) is 82.0 Å². The molecule has 0 saturated heterocycles. The smallest absolute Gasteiger partial charge is 0.279 e. The van der Waals surface area contributed by atoms with Gasteiger partial charge in [-0.25, -0.2) is 4.98 Å². The fraction of sp³-hybridized carbons (Fsp3) is 0.353. The van der Waals surface area contributed by atoms with Gasteiger partial charge in [-0.2, -0.15) is 0 Å². The Kier molecular flexibility index (Phi) is 7.86. The number of halogens is 1. The minimum Gasteiger partial charge on any atom is -0.494 e. The molecule has 0 unspecified atom stereocenters. The molecule has 7 nitrogen and oxygen atoms in total. The number of carbonyl (C=O) groups is 1. The standard InChI is InChI=1S/C17H20BrN3O4S/c1-4-23-13-5-6-16(15(18)7-13)25-17-19-8-14(26-17)9-20-24-10-11(2)21-12(3)22/h5-9,11H,4,10H2,1-3H3,(H,21,22)/b20-9+/t11-/m0/s1. The normalized spacial score (nSPS) is 12.0. The van der Waals surface area contributed by atoms with E-state index >= 15 is 0 Å². The van der Waals surface area contributed by atoms with E-state index in [2.05, 4.69) is 31.4 Å². The monoisotopic (exact) mass is 441 g/mol. The van der Waals surface area contributed by atoms with Crippen molar-refractivity contribution in [2.24, 2.45) is 5.16 Å². The number of thiazole rings is 1. The predicted octanol–water partition coefficient (Wildman–Crippen LogP) is 3.97. The Labute approximate surface area is 164 Å². The van der Waals surface area contributed by atoms with E-state index < -0.39 is 0 Å². The summed E-state index contributed by atoms with van der Waals surface area (Å²) >= 11 is 4.79. The molecule has 0 aliphatic heterocycles. The molecule has 0 aliphatic rings. The molecule has 0 aliphatic carbocycles. The molecule has 1 heterocycles. The molecule has 0 spiro atoms. The molecule has 1 atom stereocenters. The minimum absolute atomic E-state index is 0.102. The number of ether oxygens (including phenoxy) is 2. The maximum Gasteiger partial charge on any atom is 0.279 e. The van der Waals surface area contributed by atoms with E-state index in [4.69, 9.17) is 14.3 Å². The van der Waals surface area contributed by atoms with Gasteiger partial charge >= 0.3 is 0 Å². The number of nitrogens with one attached hydrogen (secondary N) is 1. The summed E-state index contributed by atoms with van der Waals surface area (Å²) in [5.74, 6) is 1.31. The summed E-state index contributed by atoms with van der Waals surface area (Å²) in [6.07, 6.45) is 3.20. The molecule has 1 aromatic carbocycles. The summed E-state index contributed by atoms with van der Waals surface area (Å²) in [5, 5.41) is 7.07. The number of benzene rings is 1. The van der Waals surface area contributed by atoms with Crippen LogP contribution in [0.1, 0.15) is 25.6 Å². The van der Waals surface area contributed by atoms with Gasteiger partial charge in [0.2, 0.25) is 5.91 Å². The van der Waals surface area contributed by atoms with Crippen LogP contribution >= 0.6 is 27.3 Å². The molecule has 0 fully saturated rings. The van der Waals surface area contributed by atoms with Gasteiger partial charge < -0.3 is 19.6 Å². The van der Waals surface area contributed by atoms with Crippen LogP contribution in [0.3, 0.4) is 0 Å². The summed E-state index contributed by atoms with van der Waals surface area (Å²) in [4.78, 5) is 21.0. The number of rotatable bonds is 9. The highest BCUT2D eigenvalue weighted by Gasteiger charge is 2.08. The number of amides is 1.